The molecule has 8 heteroatoms. The molecule has 2 aliphatic rings. The van der Waals surface area contributed by atoms with Gasteiger partial charge in [0.05, 0.1) is 35.9 Å². The monoisotopic (exact) mass is 442 g/mol. The summed E-state index contributed by atoms with van der Waals surface area (Å²) in [6, 6.07) is 8.46. The van der Waals surface area contributed by atoms with Crippen molar-refractivity contribution in [1.82, 2.24) is 0 Å². The highest BCUT2D eigenvalue weighted by Crippen LogP contribution is 2.41. The molecule has 4 rings (SSSR count). The van der Waals surface area contributed by atoms with Crippen molar-refractivity contribution in [2.24, 2.45) is 0 Å². The third kappa shape index (κ3) is 4.40. The van der Waals surface area contributed by atoms with Crippen molar-refractivity contribution in [3.05, 3.63) is 63.0 Å². The van der Waals surface area contributed by atoms with Crippen LogP contribution in [-0.4, -0.2) is 30.7 Å². The molecule has 170 valence electrons. The Morgan fingerprint density at radius 2 is 2.06 bits per heavy atom. The van der Waals surface area contributed by atoms with Crippen LogP contribution in [0.1, 0.15) is 55.3 Å². The molecular weight excluding hydrogens is 415 g/mol. The maximum atomic E-state index is 15.0. The van der Waals surface area contributed by atoms with E-state index < -0.39 is 10.7 Å². The van der Waals surface area contributed by atoms with E-state index in [1.165, 1.54) is 18.7 Å². The molecule has 0 amide bonds. The maximum Gasteiger partial charge on any atom is 0.314 e. The molecule has 0 radical (unpaired) electrons. The molecule has 1 saturated carbocycles. The number of nitro benzene ring substituents is 1. The molecule has 0 aromatic heterocycles. The van der Waals surface area contributed by atoms with Crippen molar-refractivity contribution in [2.75, 3.05) is 18.6 Å². The Hall–Kier alpha value is -3.16. The molecule has 1 atom stereocenters. The number of nitrogens with zero attached hydrogens (tertiary/aromatic N) is 2. The lowest BCUT2D eigenvalue weighted by Gasteiger charge is -2.37. The van der Waals surface area contributed by atoms with E-state index in [1.54, 1.807) is 0 Å². The van der Waals surface area contributed by atoms with E-state index in [0.717, 1.165) is 36.5 Å². The fourth-order valence-electron chi connectivity index (χ4n) is 4.38. The van der Waals surface area contributed by atoms with Crippen molar-refractivity contribution >= 4 is 17.3 Å². The van der Waals surface area contributed by atoms with Crippen LogP contribution in [0.5, 0.6) is 5.75 Å². The number of hydrogen-bond acceptors (Lipinski definition) is 6. The number of carbonyl (C=O) groups is 1. The Bertz CT molecular complexity index is 1040. The molecule has 2 aromatic rings. The Balaban J connectivity index is 1.59. The van der Waals surface area contributed by atoms with Crippen molar-refractivity contribution in [2.45, 2.75) is 57.6 Å². The highest BCUT2D eigenvalue weighted by atomic mass is 19.1. The summed E-state index contributed by atoms with van der Waals surface area (Å²) in [5.74, 6) is -0.731. The summed E-state index contributed by atoms with van der Waals surface area (Å²) in [5, 5.41) is 11.4. The summed E-state index contributed by atoms with van der Waals surface area (Å²) in [4.78, 5) is 24.2. The van der Waals surface area contributed by atoms with Crippen LogP contribution >= 0.6 is 0 Å². The van der Waals surface area contributed by atoms with Gasteiger partial charge in [-0.2, -0.15) is 0 Å². The van der Waals surface area contributed by atoms with Gasteiger partial charge in [0.25, 0.3) is 0 Å². The first kappa shape index (κ1) is 22.0. The summed E-state index contributed by atoms with van der Waals surface area (Å²) >= 11 is 0. The fourth-order valence-corrected chi connectivity index (χ4v) is 4.38. The first-order valence-electron chi connectivity index (χ1n) is 11.0. The van der Waals surface area contributed by atoms with Gasteiger partial charge < -0.3 is 14.4 Å². The summed E-state index contributed by atoms with van der Waals surface area (Å²) < 4.78 is 25.5. The largest absolute Gasteiger partial charge is 0.483 e. The smallest absolute Gasteiger partial charge is 0.314 e. The van der Waals surface area contributed by atoms with Gasteiger partial charge >= 0.3 is 11.7 Å². The Morgan fingerprint density at radius 1 is 1.28 bits per heavy atom. The number of ether oxygens (including phenoxy) is 2. The number of carbonyl (C=O) groups excluding carboxylic acids is 1. The summed E-state index contributed by atoms with van der Waals surface area (Å²) in [6.07, 6.45) is 4.35. The molecule has 32 heavy (non-hydrogen) atoms. The molecule has 1 unspecified atom stereocenters. The molecule has 0 saturated heterocycles. The quantitative estimate of drug-likeness (QED) is 0.345. The normalized spacial score (nSPS) is 18.0. The molecule has 1 fully saturated rings. The molecule has 7 nitrogen and oxygen atoms in total. The molecular formula is C24H27FN2O5. The van der Waals surface area contributed by atoms with Crippen LogP contribution in [0, 0.1) is 15.9 Å². The van der Waals surface area contributed by atoms with Crippen LogP contribution in [0.4, 0.5) is 15.8 Å². The second-order valence-corrected chi connectivity index (χ2v) is 8.43. The zero-order valence-corrected chi connectivity index (χ0v) is 18.3. The molecule has 2 aromatic carbocycles. The number of aryl methyl sites for hydroxylation is 1. The van der Waals surface area contributed by atoms with E-state index in [4.69, 9.17) is 9.47 Å². The SMILES string of the molecule is COC(=O)CCc1ccc2c(c1)CCN(c1cc(OC3CCC3)c([N+](=O)[O-])cc1F)C2C. The second-order valence-electron chi connectivity index (χ2n) is 8.43. The predicted octanol–water partition coefficient (Wildman–Crippen LogP) is 4.89. The van der Waals surface area contributed by atoms with Crippen LogP contribution in [-0.2, 0) is 22.4 Å². The Kier molecular flexibility index (Phi) is 6.30. The average molecular weight is 442 g/mol. The van der Waals surface area contributed by atoms with Gasteiger partial charge in [0.15, 0.2) is 11.6 Å². The molecule has 0 N–H and O–H groups in total. The third-order valence-corrected chi connectivity index (χ3v) is 6.47. The Morgan fingerprint density at radius 3 is 2.72 bits per heavy atom. The second kappa shape index (κ2) is 9.14. The average Bonchev–Trinajstić information content (AvgIpc) is 2.75. The lowest BCUT2D eigenvalue weighted by atomic mass is 9.90. The maximum absolute atomic E-state index is 15.0. The van der Waals surface area contributed by atoms with Crippen molar-refractivity contribution in [3.63, 3.8) is 0 Å². The number of halogens is 1. The summed E-state index contributed by atoms with van der Waals surface area (Å²) in [7, 11) is 1.38. The van der Waals surface area contributed by atoms with Crippen LogP contribution < -0.4 is 9.64 Å². The van der Waals surface area contributed by atoms with E-state index >= 15 is 0 Å². The number of rotatable bonds is 7. The number of fused-ring (bicyclic) bond motifs is 1. The summed E-state index contributed by atoms with van der Waals surface area (Å²) in [5.41, 5.74) is 3.30. The lowest BCUT2D eigenvalue weighted by molar-refractivity contribution is -0.386. The number of hydrogen-bond donors (Lipinski definition) is 0. The standard InChI is InChI=1S/C24H27FN2O5/c1-15-19-8-6-16(7-9-24(28)31-2)12-17(19)10-11-26(15)21-14-23(32-18-4-3-5-18)22(27(29)30)13-20(21)25/h6,8,12-15,18H,3-5,7,9-11H2,1-2H3. The highest BCUT2D eigenvalue weighted by molar-refractivity contribution is 5.69. The van der Waals surface area contributed by atoms with Crippen LogP contribution in [0.25, 0.3) is 0 Å². The minimum absolute atomic E-state index is 0.0464. The van der Waals surface area contributed by atoms with E-state index in [2.05, 4.69) is 6.07 Å². The molecule has 1 aliphatic carbocycles. The molecule has 1 heterocycles. The highest BCUT2D eigenvalue weighted by Gasteiger charge is 2.31. The minimum Gasteiger partial charge on any atom is -0.483 e. The van der Waals surface area contributed by atoms with Gasteiger partial charge in [-0.25, -0.2) is 4.39 Å². The zero-order valence-electron chi connectivity index (χ0n) is 18.3. The zero-order chi connectivity index (χ0) is 22.8. The number of benzene rings is 2. The summed E-state index contributed by atoms with van der Waals surface area (Å²) in [6.45, 7) is 2.58. The van der Waals surface area contributed by atoms with Crippen molar-refractivity contribution in [1.29, 1.82) is 0 Å². The number of esters is 1. The first-order valence-corrected chi connectivity index (χ1v) is 11.0. The van der Waals surface area contributed by atoms with E-state index in [0.29, 0.717) is 31.5 Å². The van der Waals surface area contributed by atoms with Gasteiger partial charge in [-0.3, -0.25) is 14.9 Å². The van der Waals surface area contributed by atoms with Crippen molar-refractivity contribution < 1.29 is 23.6 Å². The van der Waals surface area contributed by atoms with Gasteiger partial charge in [-0.15, -0.1) is 0 Å². The first-order chi connectivity index (χ1) is 15.4. The Labute approximate surface area is 186 Å². The van der Waals surface area contributed by atoms with E-state index in [1.807, 2.05) is 24.0 Å². The molecule has 1 aliphatic heterocycles. The fraction of sp³-hybridized carbons (Fsp3) is 0.458. The van der Waals surface area contributed by atoms with Gasteiger partial charge in [0, 0.05) is 19.0 Å². The number of anilines is 1. The van der Waals surface area contributed by atoms with Crippen LogP contribution in [0.2, 0.25) is 0 Å². The van der Waals surface area contributed by atoms with E-state index in [9.17, 15) is 19.3 Å². The minimum atomic E-state index is -0.623. The number of nitro groups is 1. The predicted molar refractivity (Wildman–Crippen MR) is 118 cm³/mol. The van der Waals surface area contributed by atoms with Gasteiger partial charge in [0.1, 0.15) is 0 Å². The van der Waals surface area contributed by atoms with Gasteiger partial charge in [-0.1, -0.05) is 18.2 Å². The van der Waals surface area contributed by atoms with Crippen molar-refractivity contribution in [3.8, 4) is 5.75 Å². The van der Waals surface area contributed by atoms with Gasteiger partial charge in [0.2, 0.25) is 0 Å². The van der Waals surface area contributed by atoms with Crippen LogP contribution in [0.15, 0.2) is 30.3 Å². The van der Waals surface area contributed by atoms with E-state index in [-0.39, 0.29) is 29.6 Å². The third-order valence-electron chi connectivity index (χ3n) is 6.47. The van der Waals surface area contributed by atoms with Crippen LogP contribution in [0.3, 0.4) is 0 Å². The topological polar surface area (TPSA) is 81.9 Å². The van der Waals surface area contributed by atoms with Gasteiger partial charge in [-0.05, 0) is 55.7 Å². The lowest BCUT2D eigenvalue weighted by Crippen LogP contribution is -2.34. The number of methoxy groups -OCH3 is 1. The molecule has 0 bridgehead atoms. The molecule has 0 spiro atoms.